The van der Waals surface area contributed by atoms with Crippen LogP contribution in [0.15, 0.2) is 30.7 Å². The van der Waals surface area contributed by atoms with Crippen LogP contribution in [0.3, 0.4) is 0 Å². The van der Waals surface area contributed by atoms with Gasteiger partial charge in [-0.25, -0.2) is 4.98 Å². The molecule has 102 valence electrons. The van der Waals surface area contributed by atoms with E-state index in [1.807, 2.05) is 18.4 Å². The first-order valence-corrected chi connectivity index (χ1v) is 6.45. The molecule has 1 N–H and O–H groups in total. The van der Waals surface area contributed by atoms with Crippen molar-refractivity contribution in [3.63, 3.8) is 0 Å². The Balaban J connectivity index is 2.38. The Bertz CT molecular complexity index is 566. The molecule has 4 nitrogen and oxygen atoms in total. The number of aromatic nitrogens is 2. The second kappa shape index (κ2) is 5.63. The Labute approximate surface area is 117 Å². The van der Waals surface area contributed by atoms with E-state index < -0.39 is 6.10 Å². The number of hydrogen-bond donors (Lipinski definition) is 1. The van der Waals surface area contributed by atoms with Gasteiger partial charge in [-0.1, -0.05) is 17.7 Å². The van der Waals surface area contributed by atoms with Crippen molar-refractivity contribution < 1.29 is 9.84 Å². The highest BCUT2D eigenvalue weighted by molar-refractivity contribution is 6.32. The Kier molecular flexibility index (Phi) is 4.12. The summed E-state index contributed by atoms with van der Waals surface area (Å²) in [5, 5.41) is 11.0. The molecule has 1 aromatic carbocycles. The molecule has 1 unspecified atom stereocenters. The summed E-state index contributed by atoms with van der Waals surface area (Å²) in [6.07, 6.45) is 2.64. The van der Waals surface area contributed by atoms with E-state index in [4.69, 9.17) is 16.3 Å². The van der Waals surface area contributed by atoms with E-state index in [9.17, 15) is 5.11 Å². The number of nitrogens with zero attached hydrogens (tertiary/aromatic N) is 2. The lowest BCUT2D eigenvalue weighted by molar-refractivity contribution is 0.207. The summed E-state index contributed by atoms with van der Waals surface area (Å²) in [6.45, 7) is 4.08. The first-order valence-electron chi connectivity index (χ1n) is 6.07. The van der Waals surface area contributed by atoms with Crippen molar-refractivity contribution in [2.24, 2.45) is 0 Å². The standard InChI is InChI=1S/C14H17ClN2O2/c1-9(2)17-8-16-7-12(17)14(18)10-4-5-11(15)13(6-10)19-3/h4-9,14,18H,1-3H3. The number of aliphatic hydroxyl groups is 1. The summed E-state index contributed by atoms with van der Waals surface area (Å²) < 4.78 is 7.10. The van der Waals surface area contributed by atoms with Gasteiger partial charge in [0.2, 0.25) is 0 Å². The molecule has 0 aliphatic heterocycles. The molecule has 1 atom stereocenters. The SMILES string of the molecule is COc1cc(C(O)c2cncn2C(C)C)ccc1Cl. The highest BCUT2D eigenvalue weighted by Gasteiger charge is 2.17. The number of hydrogen-bond acceptors (Lipinski definition) is 3. The average molecular weight is 281 g/mol. The monoisotopic (exact) mass is 280 g/mol. The molecule has 19 heavy (non-hydrogen) atoms. The number of aliphatic hydroxyl groups excluding tert-OH is 1. The normalized spacial score (nSPS) is 12.7. The number of ether oxygens (including phenoxy) is 1. The molecule has 0 saturated heterocycles. The molecule has 0 aliphatic carbocycles. The van der Waals surface area contributed by atoms with Gasteiger partial charge in [0.1, 0.15) is 11.9 Å². The van der Waals surface area contributed by atoms with Crippen molar-refractivity contribution in [3.8, 4) is 5.75 Å². The van der Waals surface area contributed by atoms with Crippen LogP contribution in [0, 0.1) is 0 Å². The predicted molar refractivity (Wildman–Crippen MR) is 74.7 cm³/mol. The molecule has 0 radical (unpaired) electrons. The Morgan fingerprint density at radius 1 is 1.37 bits per heavy atom. The topological polar surface area (TPSA) is 47.3 Å². The van der Waals surface area contributed by atoms with Gasteiger partial charge in [-0.05, 0) is 31.5 Å². The van der Waals surface area contributed by atoms with Crippen LogP contribution >= 0.6 is 11.6 Å². The number of benzene rings is 1. The minimum Gasteiger partial charge on any atom is -0.495 e. The lowest BCUT2D eigenvalue weighted by Gasteiger charge is -2.17. The summed E-state index contributed by atoms with van der Waals surface area (Å²) in [5.74, 6) is 0.550. The van der Waals surface area contributed by atoms with E-state index in [-0.39, 0.29) is 6.04 Å². The van der Waals surface area contributed by atoms with Gasteiger partial charge < -0.3 is 14.4 Å². The first-order chi connectivity index (χ1) is 9.04. The molecule has 0 bridgehead atoms. The second-order valence-corrected chi connectivity index (χ2v) is 5.02. The quantitative estimate of drug-likeness (QED) is 0.935. The third-order valence-electron chi connectivity index (χ3n) is 3.02. The van der Waals surface area contributed by atoms with Gasteiger partial charge in [0, 0.05) is 6.04 Å². The summed E-state index contributed by atoms with van der Waals surface area (Å²) in [4.78, 5) is 4.10. The Morgan fingerprint density at radius 3 is 2.74 bits per heavy atom. The van der Waals surface area contributed by atoms with E-state index in [2.05, 4.69) is 4.98 Å². The molecule has 1 heterocycles. The number of imidazole rings is 1. The number of halogens is 1. The van der Waals surface area contributed by atoms with Gasteiger partial charge in [0.15, 0.2) is 0 Å². The molecule has 5 heteroatoms. The Morgan fingerprint density at radius 2 is 2.11 bits per heavy atom. The van der Waals surface area contributed by atoms with Gasteiger partial charge in [0.25, 0.3) is 0 Å². The van der Waals surface area contributed by atoms with Crippen LogP contribution in [0.5, 0.6) is 5.75 Å². The van der Waals surface area contributed by atoms with Crippen molar-refractivity contribution in [1.29, 1.82) is 0 Å². The van der Waals surface area contributed by atoms with Crippen molar-refractivity contribution in [2.75, 3.05) is 7.11 Å². The third kappa shape index (κ3) is 2.74. The smallest absolute Gasteiger partial charge is 0.137 e. The molecule has 0 aliphatic rings. The lowest BCUT2D eigenvalue weighted by Crippen LogP contribution is -2.10. The van der Waals surface area contributed by atoms with Gasteiger partial charge in [0.05, 0.1) is 30.4 Å². The molecule has 0 saturated carbocycles. The summed E-state index contributed by atoms with van der Waals surface area (Å²) >= 11 is 5.98. The number of rotatable bonds is 4. The molecule has 1 aromatic heterocycles. The van der Waals surface area contributed by atoms with Gasteiger partial charge in [-0.3, -0.25) is 0 Å². The van der Waals surface area contributed by atoms with Crippen LogP contribution in [-0.4, -0.2) is 21.8 Å². The summed E-state index contributed by atoms with van der Waals surface area (Å²) in [6, 6.07) is 5.48. The molecule has 2 rings (SSSR count). The van der Waals surface area contributed by atoms with Gasteiger partial charge in [-0.2, -0.15) is 0 Å². The molecule has 0 amide bonds. The Hall–Kier alpha value is -1.52. The lowest BCUT2D eigenvalue weighted by atomic mass is 10.1. The van der Waals surface area contributed by atoms with E-state index in [1.165, 1.54) is 0 Å². The highest BCUT2D eigenvalue weighted by Crippen LogP contribution is 2.31. The van der Waals surface area contributed by atoms with Crippen molar-refractivity contribution in [1.82, 2.24) is 9.55 Å². The van der Waals surface area contributed by atoms with E-state index in [1.54, 1.807) is 37.8 Å². The van der Waals surface area contributed by atoms with Crippen LogP contribution in [0.2, 0.25) is 5.02 Å². The first kappa shape index (κ1) is 13.9. The minimum absolute atomic E-state index is 0.237. The molecule has 0 fully saturated rings. The van der Waals surface area contributed by atoms with E-state index in [0.717, 1.165) is 11.3 Å². The largest absolute Gasteiger partial charge is 0.495 e. The molecule has 2 aromatic rings. The molecule has 0 spiro atoms. The van der Waals surface area contributed by atoms with Crippen LogP contribution in [-0.2, 0) is 0 Å². The second-order valence-electron chi connectivity index (χ2n) is 4.62. The maximum absolute atomic E-state index is 10.5. The fraction of sp³-hybridized carbons (Fsp3) is 0.357. The third-order valence-corrected chi connectivity index (χ3v) is 3.34. The maximum atomic E-state index is 10.5. The molecular weight excluding hydrogens is 264 g/mol. The fourth-order valence-electron chi connectivity index (χ4n) is 1.98. The summed E-state index contributed by atoms with van der Waals surface area (Å²) in [7, 11) is 1.55. The zero-order valence-corrected chi connectivity index (χ0v) is 11.9. The summed E-state index contributed by atoms with van der Waals surface area (Å²) in [5.41, 5.74) is 1.48. The van der Waals surface area contributed by atoms with Crippen molar-refractivity contribution in [3.05, 3.63) is 47.0 Å². The predicted octanol–water partition coefficient (Wildman–Crippen LogP) is 3.21. The van der Waals surface area contributed by atoms with E-state index >= 15 is 0 Å². The van der Waals surface area contributed by atoms with Gasteiger partial charge in [-0.15, -0.1) is 0 Å². The van der Waals surface area contributed by atoms with Crippen molar-refractivity contribution >= 4 is 11.6 Å². The van der Waals surface area contributed by atoms with Crippen LogP contribution in [0.4, 0.5) is 0 Å². The number of methoxy groups -OCH3 is 1. The highest BCUT2D eigenvalue weighted by atomic mass is 35.5. The minimum atomic E-state index is -0.754. The van der Waals surface area contributed by atoms with Gasteiger partial charge >= 0.3 is 0 Å². The van der Waals surface area contributed by atoms with Crippen molar-refractivity contribution in [2.45, 2.75) is 26.0 Å². The molecular formula is C14H17ClN2O2. The zero-order valence-electron chi connectivity index (χ0n) is 11.2. The average Bonchev–Trinajstić information content (AvgIpc) is 2.87. The van der Waals surface area contributed by atoms with Crippen LogP contribution < -0.4 is 4.74 Å². The van der Waals surface area contributed by atoms with E-state index in [0.29, 0.717) is 10.8 Å². The zero-order chi connectivity index (χ0) is 14.0. The maximum Gasteiger partial charge on any atom is 0.137 e. The van der Waals surface area contributed by atoms with Crippen LogP contribution in [0.1, 0.15) is 37.3 Å². The van der Waals surface area contributed by atoms with Crippen LogP contribution in [0.25, 0.3) is 0 Å². The fourth-order valence-corrected chi connectivity index (χ4v) is 2.17.